The zero-order valence-electron chi connectivity index (χ0n) is 11.0. The monoisotopic (exact) mass is 269 g/mol. The van der Waals surface area contributed by atoms with E-state index in [0.29, 0.717) is 24.5 Å². The Labute approximate surface area is 117 Å². The third kappa shape index (κ3) is 2.69. The van der Waals surface area contributed by atoms with Gasteiger partial charge in [0.25, 0.3) is 11.8 Å². The minimum atomic E-state index is -0.346. The Kier molecular flexibility index (Phi) is 4.15. The van der Waals surface area contributed by atoms with Crippen molar-refractivity contribution in [3.8, 4) is 5.75 Å². The molecule has 0 saturated heterocycles. The Hall–Kier alpha value is -2.62. The van der Waals surface area contributed by atoms with Crippen LogP contribution in [0.5, 0.6) is 5.75 Å². The lowest BCUT2D eigenvalue weighted by Gasteiger charge is -2.17. The number of carbonyl (C=O) groups is 2. The molecule has 0 aliphatic carbocycles. The average molecular weight is 269 g/mol. The van der Waals surface area contributed by atoms with Gasteiger partial charge in [0.1, 0.15) is 12.4 Å². The molecule has 0 atom stereocenters. The van der Waals surface area contributed by atoms with Gasteiger partial charge in [0.05, 0.1) is 5.69 Å². The number of hydrogen-bond acceptors (Lipinski definition) is 3. The van der Waals surface area contributed by atoms with Gasteiger partial charge in [0.15, 0.2) is 0 Å². The van der Waals surface area contributed by atoms with Gasteiger partial charge in [-0.1, -0.05) is 24.8 Å². The van der Waals surface area contributed by atoms with Crippen LogP contribution in [0.25, 0.3) is 0 Å². The number of hydrogen-bond donors (Lipinski definition) is 0. The number of rotatable bonds is 6. The molecule has 20 heavy (non-hydrogen) atoms. The fourth-order valence-electron chi connectivity index (χ4n) is 1.94. The molecule has 1 aliphatic heterocycles. The van der Waals surface area contributed by atoms with Crippen LogP contribution in [0.3, 0.4) is 0 Å². The van der Waals surface area contributed by atoms with Gasteiger partial charge in [-0.25, -0.2) is 4.90 Å². The van der Waals surface area contributed by atoms with Crippen molar-refractivity contribution in [2.24, 2.45) is 0 Å². The number of nitrogens with zero attached hydrogens (tertiary/aromatic N) is 1. The molecule has 0 aromatic heterocycles. The highest BCUT2D eigenvalue weighted by molar-refractivity contribution is 6.28. The van der Waals surface area contributed by atoms with Crippen LogP contribution < -0.4 is 9.64 Å². The number of anilines is 1. The molecule has 1 aromatic carbocycles. The van der Waals surface area contributed by atoms with Crippen LogP contribution in [0.1, 0.15) is 5.56 Å². The van der Waals surface area contributed by atoms with E-state index in [4.69, 9.17) is 4.74 Å². The van der Waals surface area contributed by atoms with Crippen molar-refractivity contribution in [1.29, 1.82) is 0 Å². The van der Waals surface area contributed by atoms with Crippen molar-refractivity contribution in [2.75, 3.05) is 11.5 Å². The molecule has 1 aromatic rings. The van der Waals surface area contributed by atoms with Gasteiger partial charge in [0, 0.05) is 18.2 Å². The van der Waals surface area contributed by atoms with Gasteiger partial charge in [-0.3, -0.25) is 9.59 Å². The predicted octanol–water partition coefficient (Wildman–Crippen LogP) is 2.41. The average Bonchev–Trinajstić information content (AvgIpc) is 2.77. The second-order valence-electron chi connectivity index (χ2n) is 4.23. The summed E-state index contributed by atoms with van der Waals surface area (Å²) in [6.07, 6.45) is 6.56. The normalized spacial score (nSPS) is 13.7. The summed E-state index contributed by atoms with van der Waals surface area (Å²) in [6, 6.07) is 5.24. The number of imide groups is 1. The van der Waals surface area contributed by atoms with Crippen LogP contribution in [-0.4, -0.2) is 18.4 Å². The first-order valence-corrected chi connectivity index (χ1v) is 6.21. The molecule has 0 N–H and O–H groups in total. The molecule has 1 heterocycles. The fourth-order valence-corrected chi connectivity index (χ4v) is 1.94. The standard InChI is InChI=1S/C16H15NO3/c1-3-5-12-6-7-13(11-14(12)20-10-4-2)17-15(18)8-9-16(17)19/h3-4,6-9,11H,1-2,5,10H2. The molecule has 0 bridgehead atoms. The van der Waals surface area contributed by atoms with Crippen molar-refractivity contribution in [2.45, 2.75) is 6.42 Å². The Morgan fingerprint density at radius 1 is 1.10 bits per heavy atom. The molecule has 0 radical (unpaired) electrons. The Bertz CT molecular complexity index is 584. The molecule has 0 unspecified atom stereocenters. The van der Waals surface area contributed by atoms with Crippen LogP contribution in [0.15, 0.2) is 55.7 Å². The zero-order chi connectivity index (χ0) is 14.5. The van der Waals surface area contributed by atoms with E-state index in [1.807, 2.05) is 6.07 Å². The Balaban J connectivity index is 2.35. The minimum Gasteiger partial charge on any atom is -0.489 e. The maximum atomic E-state index is 11.7. The summed E-state index contributed by atoms with van der Waals surface area (Å²) in [5.74, 6) is -0.0721. The lowest BCUT2D eigenvalue weighted by atomic mass is 10.1. The first-order valence-electron chi connectivity index (χ1n) is 6.21. The highest BCUT2D eigenvalue weighted by Crippen LogP contribution is 2.28. The van der Waals surface area contributed by atoms with Crippen LogP contribution in [0.2, 0.25) is 0 Å². The number of allylic oxidation sites excluding steroid dienone is 1. The van der Waals surface area contributed by atoms with E-state index in [9.17, 15) is 9.59 Å². The van der Waals surface area contributed by atoms with Gasteiger partial charge in [-0.05, 0) is 18.1 Å². The van der Waals surface area contributed by atoms with Gasteiger partial charge in [0.2, 0.25) is 0 Å². The maximum absolute atomic E-state index is 11.7. The highest BCUT2D eigenvalue weighted by atomic mass is 16.5. The van der Waals surface area contributed by atoms with Crippen molar-refractivity contribution >= 4 is 17.5 Å². The second-order valence-corrected chi connectivity index (χ2v) is 4.23. The van der Waals surface area contributed by atoms with E-state index in [2.05, 4.69) is 13.2 Å². The van der Waals surface area contributed by atoms with Gasteiger partial charge in [-0.15, -0.1) is 6.58 Å². The minimum absolute atomic E-state index is 0.346. The van der Waals surface area contributed by atoms with E-state index >= 15 is 0 Å². The molecule has 4 heteroatoms. The third-order valence-corrected chi connectivity index (χ3v) is 2.84. The third-order valence-electron chi connectivity index (χ3n) is 2.84. The summed E-state index contributed by atoms with van der Waals surface area (Å²) >= 11 is 0. The summed E-state index contributed by atoms with van der Waals surface area (Å²) in [4.78, 5) is 24.4. The first kappa shape index (κ1) is 13.8. The van der Waals surface area contributed by atoms with Crippen molar-refractivity contribution in [3.05, 3.63) is 61.2 Å². The molecule has 0 spiro atoms. The van der Waals surface area contributed by atoms with Crippen LogP contribution in [0.4, 0.5) is 5.69 Å². The summed E-state index contributed by atoms with van der Waals surface area (Å²) in [5.41, 5.74) is 1.44. The van der Waals surface area contributed by atoms with Gasteiger partial charge < -0.3 is 4.74 Å². The number of amides is 2. The van der Waals surface area contributed by atoms with E-state index in [1.54, 1.807) is 24.3 Å². The van der Waals surface area contributed by atoms with E-state index in [0.717, 1.165) is 10.5 Å². The van der Waals surface area contributed by atoms with Gasteiger partial charge in [-0.2, -0.15) is 0 Å². The van der Waals surface area contributed by atoms with Crippen molar-refractivity contribution < 1.29 is 14.3 Å². The number of benzene rings is 1. The molecule has 4 nitrogen and oxygen atoms in total. The number of ether oxygens (including phenoxy) is 1. The quantitative estimate of drug-likeness (QED) is 0.588. The smallest absolute Gasteiger partial charge is 0.258 e. The molecule has 102 valence electrons. The lowest BCUT2D eigenvalue weighted by molar-refractivity contribution is -0.119. The van der Waals surface area contributed by atoms with E-state index < -0.39 is 0 Å². The van der Waals surface area contributed by atoms with Crippen molar-refractivity contribution in [1.82, 2.24) is 0 Å². The number of carbonyl (C=O) groups excluding carboxylic acids is 2. The van der Waals surface area contributed by atoms with E-state index in [-0.39, 0.29) is 11.8 Å². The Morgan fingerprint density at radius 3 is 2.40 bits per heavy atom. The Morgan fingerprint density at radius 2 is 1.80 bits per heavy atom. The molecule has 0 fully saturated rings. The van der Waals surface area contributed by atoms with E-state index in [1.165, 1.54) is 12.2 Å². The summed E-state index contributed by atoms with van der Waals surface area (Å²) in [5, 5.41) is 0. The second kappa shape index (κ2) is 6.02. The summed E-state index contributed by atoms with van der Waals surface area (Å²) in [6.45, 7) is 7.65. The first-order chi connectivity index (χ1) is 9.67. The van der Waals surface area contributed by atoms with Crippen molar-refractivity contribution in [3.63, 3.8) is 0 Å². The topological polar surface area (TPSA) is 46.6 Å². The summed E-state index contributed by atoms with van der Waals surface area (Å²) < 4.78 is 5.57. The highest BCUT2D eigenvalue weighted by Gasteiger charge is 2.25. The van der Waals surface area contributed by atoms with Crippen LogP contribution >= 0.6 is 0 Å². The van der Waals surface area contributed by atoms with Crippen LogP contribution in [0, 0.1) is 0 Å². The SMILES string of the molecule is C=CCOc1cc(N2C(=O)C=CC2=O)ccc1CC=C. The van der Waals surface area contributed by atoms with Gasteiger partial charge >= 0.3 is 0 Å². The maximum Gasteiger partial charge on any atom is 0.258 e. The molecule has 2 amide bonds. The predicted molar refractivity (Wildman–Crippen MR) is 77.7 cm³/mol. The molecule has 2 rings (SSSR count). The molecular weight excluding hydrogens is 254 g/mol. The molecular formula is C16H15NO3. The molecule has 0 saturated carbocycles. The van der Waals surface area contributed by atoms with Crippen LogP contribution in [-0.2, 0) is 16.0 Å². The molecule has 1 aliphatic rings. The summed E-state index contributed by atoms with van der Waals surface area (Å²) in [7, 11) is 0. The lowest BCUT2D eigenvalue weighted by Crippen LogP contribution is -2.29. The zero-order valence-corrected chi connectivity index (χ0v) is 11.0. The fraction of sp³-hybridized carbons (Fsp3) is 0.125. The largest absolute Gasteiger partial charge is 0.489 e.